The van der Waals surface area contributed by atoms with Gasteiger partial charge in [-0.25, -0.2) is 4.98 Å². The lowest BCUT2D eigenvalue weighted by molar-refractivity contribution is -0.138. The van der Waals surface area contributed by atoms with E-state index in [4.69, 9.17) is 9.47 Å². The van der Waals surface area contributed by atoms with Gasteiger partial charge in [-0.15, -0.1) is 11.3 Å². The second-order valence-corrected chi connectivity index (χ2v) is 9.10. The molecule has 1 aromatic carbocycles. The number of nitrogens with zero attached hydrogens (tertiary/aromatic N) is 2. The first kappa shape index (κ1) is 22.8. The van der Waals surface area contributed by atoms with Gasteiger partial charge in [0.15, 0.2) is 5.13 Å². The fourth-order valence-electron chi connectivity index (χ4n) is 4.10. The Kier molecular flexibility index (Phi) is 6.94. The monoisotopic (exact) mass is 443 g/mol. The number of piperidine rings is 1. The normalized spacial score (nSPS) is 20.4. The summed E-state index contributed by atoms with van der Waals surface area (Å²) in [5.41, 5.74) is 0.301. The van der Waals surface area contributed by atoms with Crippen LogP contribution in [0.5, 0.6) is 5.75 Å². The quantitative estimate of drug-likeness (QED) is 0.643. The molecule has 5 nitrogen and oxygen atoms in total. The van der Waals surface area contributed by atoms with Gasteiger partial charge in [-0.05, 0) is 37.6 Å². The molecule has 0 aliphatic carbocycles. The van der Waals surface area contributed by atoms with Gasteiger partial charge >= 0.3 is 6.18 Å². The summed E-state index contributed by atoms with van der Waals surface area (Å²) >= 11 is 1.48. The lowest BCUT2D eigenvalue weighted by atomic mass is 9.82. The van der Waals surface area contributed by atoms with E-state index in [0.717, 1.165) is 36.9 Å². The number of hydrogen-bond acceptors (Lipinski definition) is 6. The largest absolute Gasteiger partial charge is 0.496 e. The van der Waals surface area contributed by atoms with E-state index in [1.54, 1.807) is 20.2 Å². The highest BCUT2D eigenvalue weighted by molar-refractivity contribution is 7.16. The third-order valence-corrected chi connectivity index (χ3v) is 6.47. The van der Waals surface area contributed by atoms with E-state index >= 15 is 0 Å². The number of aromatic nitrogens is 1. The van der Waals surface area contributed by atoms with Gasteiger partial charge in [-0.1, -0.05) is 6.92 Å². The summed E-state index contributed by atoms with van der Waals surface area (Å²) in [4.78, 5) is 7.85. The minimum atomic E-state index is -4.50. The Hall–Kier alpha value is -1.84. The van der Waals surface area contributed by atoms with Crippen molar-refractivity contribution < 1.29 is 22.6 Å². The van der Waals surface area contributed by atoms with Gasteiger partial charge in [-0.3, -0.25) is 4.90 Å². The molecule has 0 spiro atoms. The molecule has 1 aliphatic heterocycles. The lowest BCUT2D eigenvalue weighted by Crippen LogP contribution is -2.43. The molecule has 3 rings (SSSR count). The number of hydrogen-bond donors (Lipinski definition) is 1. The molecule has 0 saturated carbocycles. The van der Waals surface area contributed by atoms with Crippen LogP contribution < -0.4 is 10.1 Å². The Bertz CT molecular complexity index is 868. The van der Waals surface area contributed by atoms with E-state index in [-0.39, 0.29) is 11.2 Å². The highest BCUT2D eigenvalue weighted by Gasteiger charge is 2.35. The molecule has 1 aliphatic rings. The summed E-state index contributed by atoms with van der Waals surface area (Å²) in [5, 5.41) is 3.70. The second-order valence-electron chi connectivity index (χ2n) is 8.01. The van der Waals surface area contributed by atoms with Crippen molar-refractivity contribution in [2.75, 3.05) is 46.3 Å². The lowest BCUT2D eigenvalue weighted by Gasteiger charge is -2.40. The van der Waals surface area contributed by atoms with Gasteiger partial charge in [0.25, 0.3) is 0 Å². The van der Waals surface area contributed by atoms with Crippen LogP contribution in [-0.2, 0) is 17.5 Å². The smallest absolute Gasteiger partial charge is 0.419 e. The Labute approximate surface area is 179 Å². The van der Waals surface area contributed by atoms with Crippen LogP contribution in [0.2, 0.25) is 0 Å². The SMILES string of the molecule is CNc1nc(-c2ccc(OC)c(C(F)(F)F)c2)c(CN2CCCC(C)(COC)C2)s1. The second kappa shape index (κ2) is 9.11. The molecule has 30 heavy (non-hydrogen) atoms. The number of thiazole rings is 1. The van der Waals surface area contributed by atoms with E-state index in [2.05, 4.69) is 22.1 Å². The third-order valence-electron chi connectivity index (χ3n) is 5.41. The van der Waals surface area contributed by atoms with Crippen molar-refractivity contribution in [3.63, 3.8) is 0 Å². The van der Waals surface area contributed by atoms with Crippen molar-refractivity contribution in [2.24, 2.45) is 5.41 Å². The topological polar surface area (TPSA) is 46.6 Å². The van der Waals surface area contributed by atoms with Crippen LogP contribution in [0.3, 0.4) is 0 Å². The van der Waals surface area contributed by atoms with Gasteiger partial charge in [-0.2, -0.15) is 13.2 Å². The molecule has 1 unspecified atom stereocenters. The Morgan fingerprint density at radius 2 is 2.07 bits per heavy atom. The number of ether oxygens (including phenoxy) is 2. The molecule has 1 aromatic heterocycles. The number of likely N-dealkylation sites (tertiary alicyclic amines) is 1. The maximum absolute atomic E-state index is 13.5. The van der Waals surface area contributed by atoms with Crippen molar-refractivity contribution in [2.45, 2.75) is 32.5 Å². The molecule has 2 heterocycles. The molecular formula is C21H28F3N3O2S. The summed E-state index contributed by atoms with van der Waals surface area (Å²) < 4.78 is 50.8. The first-order valence-corrected chi connectivity index (χ1v) is 10.6. The van der Waals surface area contributed by atoms with Gasteiger partial charge < -0.3 is 14.8 Å². The van der Waals surface area contributed by atoms with E-state index < -0.39 is 11.7 Å². The summed E-state index contributed by atoms with van der Waals surface area (Å²) in [6.07, 6.45) is -2.34. The zero-order chi connectivity index (χ0) is 21.9. The molecule has 1 fully saturated rings. The van der Waals surface area contributed by atoms with Crippen molar-refractivity contribution in [1.82, 2.24) is 9.88 Å². The van der Waals surface area contributed by atoms with E-state index in [9.17, 15) is 13.2 Å². The Balaban J connectivity index is 1.93. The van der Waals surface area contributed by atoms with E-state index in [1.165, 1.54) is 24.5 Å². The summed E-state index contributed by atoms with van der Waals surface area (Å²) in [5.74, 6) is -0.191. The number of rotatable bonds is 7. The molecule has 1 atom stereocenters. The fourth-order valence-corrected chi connectivity index (χ4v) is 5.08. The van der Waals surface area contributed by atoms with Crippen molar-refractivity contribution >= 4 is 16.5 Å². The molecule has 1 saturated heterocycles. The van der Waals surface area contributed by atoms with Crippen molar-refractivity contribution in [3.8, 4) is 17.0 Å². The summed E-state index contributed by atoms with van der Waals surface area (Å²) in [6.45, 7) is 5.37. The van der Waals surface area contributed by atoms with Crippen LogP contribution in [0.25, 0.3) is 11.3 Å². The molecular weight excluding hydrogens is 415 g/mol. The molecule has 166 valence electrons. The number of methoxy groups -OCH3 is 2. The average Bonchev–Trinajstić information content (AvgIpc) is 3.09. The zero-order valence-corrected chi connectivity index (χ0v) is 18.5. The number of alkyl halides is 3. The number of halogens is 3. The summed E-state index contributed by atoms with van der Waals surface area (Å²) in [6, 6.07) is 4.12. The number of anilines is 1. The first-order chi connectivity index (χ1) is 14.2. The van der Waals surface area contributed by atoms with E-state index in [1.807, 2.05) is 0 Å². The number of benzene rings is 1. The Morgan fingerprint density at radius 1 is 1.30 bits per heavy atom. The van der Waals surface area contributed by atoms with Crippen LogP contribution in [0.1, 0.15) is 30.2 Å². The standard InChI is InChI=1S/C21H28F3N3O2S/c1-20(13-28-3)8-5-9-27(12-20)11-17-18(26-19(25-2)30-17)14-6-7-16(29-4)15(10-14)21(22,23)24/h6-7,10H,5,8-9,11-13H2,1-4H3,(H,25,26). The molecule has 0 radical (unpaired) electrons. The summed E-state index contributed by atoms with van der Waals surface area (Å²) in [7, 11) is 4.72. The maximum atomic E-state index is 13.5. The predicted octanol–water partition coefficient (Wildman–Crippen LogP) is 5.13. The predicted molar refractivity (Wildman–Crippen MR) is 113 cm³/mol. The van der Waals surface area contributed by atoms with Crippen molar-refractivity contribution in [1.29, 1.82) is 0 Å². The molecule has 2 aromatic rings. The molecule has 0 bridgehead atoms. The third kappa shape index (κ3) is 5.07. The molecule has 0 amide bonds. The van der Waals surface area contributed by atoms with E-state index in [0.29, 0.717) is 29.5 Å². The first-order valence-electron chi connectivity index (χ1n) is 9.83. The highest BCUT2D eigenvalue weighted by Crippen LogP contribution is 2.41. The molecule has 9 heteroatoms. The zero-order valence-electron chi connectivity index (χ0n) is 17.7. The molecule has 1 N–H and O–H groups in total. The van der Waals surface area contributed by atoms with Crippen LogP contribution >= 0.6 is 11.3 Å². The fraction of sp³-hybridized carbons (Fsp3) is 0.571. The highest BCUT2D eigenvalue weighted by atomic mass is 32.1. The van der Waals surface area contributed by atoms with Crippen LogP contribution in [-0.4, -0.2) is 50.8 Å². The minimum absolute atomic E-state index is 0.0766. The van der Waals surface area contributed by atoms with Gasteiger partial charge in [0.2, 0.25) is 0 Å². The van der Waals surface area contributed by atoms with Gasteiger partial charge in [0.05, 0.1) is 25.0 Å². The maximum Gasteiger partial charge on any atom is 0.419 e. The minimum Gasteiger partial charge on any atom is -0.496 e. The van der Waals surface area contributed by atoms with Crippen LogP contribution in [0.4, 0.5) is 18.3 Å². The Morgan fingerprint density at radius 3 is 2.70 bits per heavy atom. The number of nitrogens with one attached hydrogen (secondary N) is 1. The van der Waals surface area contributed by atoms with Gasteiger partial charge in [0.1, 0.15) is 5.75 Å². The van der Waals surface area contributed by atoms with Crippen molar-refractivity contribution in [3.05, 3.63) is 28.6 Å². The van der Waals surface area contributed by atoms with Gasteiger partial charge in [0, 0.05) is 43.1 Å². The van der Waals surface area contributed by atoms with Crippen LogP contribution in [0.15, 0.2) is 18.2 Å². The van der Waals surface area contributed by atoms with Crippen LogP contribution in [0, 0.1) is 5.41 Å². The average molecular weight is 444 g/mol.